The van der Waals surface area contributed by atoms with Gasteiger partial charge in [-0.3, -0.25) is 4.99 Å². The smallest absolute Gasteiger partial charge is 0.191 e. The van der Waals surface area contributed by atoms with Crippen LogP contribution >= 0.6 is 0 Å². The Labute approximate surface area is 135 Å². The molecule has 2 aliphatic rings. The van der Waals surface area contributed by atoms with Crippen molar-refractivity contribution >= 4 is 5.96 Å². The Kier molecular flexibility index (Phi) is 8.02. The SMILES string of the molecule is CN=C(NCCCOCC1CCCO1)NC1CCC(C)CC1. The highest BCUT2D eigenvalue weighted by Gasteiger charge is 2.18. The van der Waals surface area contributed by atoms with Gasteiger partial charge < -0.3 is 20.1 Å². The molecule has 1 saturated carbocycles. The Bertz CT molecular complexity index is 322. The van der Waals surface area contributed by atoms with E-state index < -0.39 is 0 Å². The average molecular weight is 311 g/mol. The Balaban J connectivity index is 1.49. The second-order valence-corrected chi connectivity index (χ2v) is 6.66. The van der Waals surface area contributed by atoms with E-state index in [1.807, 2.05) is 7.05 Å². The number of rotatable bonds is 7. The minimum atomic E-state index is 0.330. The molecule has 0 amide bonds. The molecule has 2 N–H and O–H groups in total. The van der Waals surface area contributed by atoms with E-state index in [2.05, 4.69) is 22.5 Å². The molecule has 5 nitrogen and oxygen atoms in total. The number of nitrogens with one attached hydrogen (secondary N) is 2. The van der Waals surface area contributed by atoms with Crippen molar-refractivity contribution in [1.82, 2.24) is 10.6 Å². The van der Waals surface area contributed by atoms with E-state index in [9.17, 15) is 0 Å². The molecule has 1 saturated heterocycles. The maximum Gasteiger partial charge on any atom is 0.191 e. The highest BCUT2D eigenvalue weighted by Crippen LogP contribution is 2.23. The van der Waals surface area contributed by atoms with Crippen LogP contribution in [0.15, 0.2) is 4.99 Å². The van der Waals surface area contributed by atoms with Gasteiger partial charge in [0.2, 0.25) is 0 Å². The first-order chi connectivity index (χ1) is 10.8. The first-order valence-electron chi connectivity index (χ1n) is 8.94. The third kappa shape index (κ3) is 6.53. The van der Waals surface area contributed by atoms with Gasteiger partial charge in [-0.1, -0.05) is 6.92 Å². The molecule has 0 radical (unpaired) electrons. The van der Waals surface area contributed by atoms with Crippen LogP contribution in [0.5, 0.6) is 0 Å². The van der Waals surface area contributed by atoms with Crippen molar-refractivity contribution in [3.05, 3.63) is 0 Å². The molecule has 0 bridgehead atoms. The molecule has 0 aromatic heterocycles. The number of guanidine groups is 1. The summed E-state index contributed by atoms with van der Waals surface area (Å²) in [5, 5.41) is 6.92. The van der Waals surface area contributed by atoms with Gasteiger partial charge in [-0.2, -0.15) is 0 Å². The summed E-state index contributed by atoms with van der Waals surface area (Å²) in [4.78, 5) is 4.32. The van der Waals surface area contributed by atoms with E-state index >= 15 is 0 Å². The zero-order valence-electron chi connectivity index (χ0n) is 14.3. The summed E-state index contributed by atoms with van der Waals surface area (Å²) in [5.41, 5.74) is 0. The summed E-state index contributed by atoms with van der Waals surface area (Å²) >= 11 is 0. The van der Waals surface area contributed by atoms with Crippen LogP contribution in [0.1, 0.15) is 51.9 Å². The summed E-state index contributed by atoms with van der Waals surface area (Å²) < 4.78 is 11.2. The van der Waals surface area contributed by atoms with Gasteiger partial charge in [-0.15, -0.1) is 0 Å². The van der Waals surface area contributed by atoms with E-state index in [0.29, 0.717) is 12.1 Å². The molecule has 0 aromatic carbocycles. The van der Waals surface area contributed by atoms with Crippen LogP contribution in [0.4, 0.5) is 0 Å². The molecule has 1 heterocycles. The van der Waals surface area contributed by atoms with Crippen LogP contribution in [0.25, 0.3) is 0 Å². The Morgan fingerprint density at radius 3 is 2.73 bits per heavy atom. The fraction of sp³-hybridized carbons (Fsp3) is 0.941. The van der Waals surface area contributed by atoms with Crippen molar-refractivity contribution in [2.45, 2.75) is 64.0 Å². The number of hydrogen-bond acceptors (Lipinski definition) is 3. The molecule has 1 unspecified atom stereocenters. The van der Waals surface area contributed by atoms with Gasteiger partial charge in [0.25, 0.3) is 0 Å². The van der Waals surface area contributed by atoms with E-state index in [1.54, 1.807) is 0 Å². The molecule has 128 valence electrons. The van der Waals surface area contributed by atoms with Crippen LogP contribution in [-0.2, 0) is 9.47 Å². The summed E-state index contributed by atoms with van der Waals surface area (Å²) in [6.45, 7) is 5.67. The van der Waals surface area contributed by atoms with Crippen LogP contribution in [0, 0.1) is 5.92 Å². The van der Waals surface area contributed by atoms with Gasteiger partial charge >= 0.3 is 0 Å². The Morgan fingerprint density at radius 2 is 2.05 bits per heavy atom. The molecule has 1 atom stereocenters. The molecule has 0 spiro atoms. The Hall–Kier alpha value is -0.810. The lowest BCUT2D eigenvalue weighted by Gasteiger charge is -2.28. The second-order valence-electron chi connectivity index (χ2n) is 6.66. The van der Waals surface area contributed by atoms with E-state index in [0.717, 1.165) is 51.1 Å². The van der Waals surface area contributed by atoms with E-state index in [-0.39, 0.29) is 0 Å². The van der Waals surface area contributed by atoms with E-state index in [1.165, 1.54) is 32.1 Å². The zero-order chi connectivity index (χ0) is 15.6. The maximum atomic E-state index is 5.67. The first-order valence-corrected chi connectivity index (χ1v) is 8.94. The highest BCUT2D eigenvalue weighted by molar-refractivity contribution is 5.79. The molecule has 0 aromatic rings. The molecule has 22 heavy (non-hydrogen) atoms. The molecule has 2 fully saturated rings. The normalized spacial score (nSPS) is 29.5. The summed E-state index contributed by atoms with van der Waals surface area (Å²) in [6, 6.07) is 0.582. The van der Waals surface area contributed by atoms with Crippen molar-refractivity contribution < 1.29 is 9.47 Å². The van der Waals surface area contributed by atoms with Gasteiger partial charge in [0.15, 0.2) is 5.96 Å². The van der Waals surface area contributed by atoms with Crippen molar-refractivity contribution in [2.75, 3.05) is 33.4 Å². The number of aliphatic imine (C=N–C) groups is 1. The predicted molar refractivity (Wildman–Crippen MR) is 90.3 cm³/mol. The lowest BCUT2D eigenvalue weighted by atomic mass is 9.87. The summed E-state index contributed by atoms with van der Waals surface area (Å²) in [5.74, 6) is 1.81. The maximum absolute atomic E-state index is 5.67. The predicted octanol–water partition coefficient (Wildman–Crippen LogP) is 2.32. The zero-order valence-corrected chi connectivity index (χ0v) is 14.3. The average Bonchev–Trinajstić information content (AvgIpc) is 3.05. The molecule has 1 aliphatic carbocycles. The molecule has 1 aliphatic heterocycles. The largest absolute Gasteiger partial charge is 0.379 e. The van der Waals surface area contributed by atoms with Crippen LogP contribution < -0.4 is 10.6 Å². The molecule has 5 heteroatoms. The standard InChI is InChI=1S/C17H33N3O2/c1-14-6-8-15(9-7-14)20-17(18-2)19-10-4-11-21-13-16-5-3-12-22-16/h14-16H,3-13H2,1-2H3,(H2,18,19,20). The first kappa shape index (κ1) is 17.5. The lowest BCUT2D eigenvalue weighted by Crippen LogP contribution is -2.45. The summed E-state index contributed by atoms with van der Waals surface area (Å²) in [6.07, 6.45) is 8.81. The second kappa shape index (κ2) is 10.1. The van der Waals surface area contributed by atoms with Crippen molar-refractivity contribution in [2.24, 2.45) is 10.9 Å². The molecular weight excluding hydrogens is 278 g/mol. The lowest BCUT2D eigenvalue weighted by molar-refractivity contribution is 0.0168. The number of hydrogen-bond donors (Lipinski definition) is 2. The fourth-order valence-electron chi connectivity index (χ4n) is 3.16. The Morgan fingerprint density at radius 1 is 1.23 bits per heavy atom. The monoisotopic (exact) mass is 311 g/mol. The number of nitrogens with zero attached hydrogens (tertiary/aromatic N) is 1. The van der Waals surface area contributed by atoms with Gasteiger partial charge in [0, 0.05) is 32.8 Å². The topological polar surface area (TPSA) is 54.9 Å². The minimum absolute atomic E-state index is 0.330. The van der Waals surface area contributed by atoms with Crippen LogP contribution in [0.3, 0.4) is 0 Å². The van der Waals surface area contributed by atoms with Crippen LogP contribution in [-0.4, -0.2) is 51.5 Å². The third-order valence-electron chi connectivity index (χ3n) is 4.67. The fourth-order valence-corrected chi connectivity index (χ4v) is 3.16. The van der Waals surface area contributed by atoms with Gasteiger partial charge in [0.05, 0.1) is 12.7 Å². The van der Waals surface area contributed by atoms with Gasteiger partial charge in [0.1, 0.15) is 0 Å². The summed E-state index contributed by atoms with van der Waals surface area (Å²) in [7, 11) is 1.84. The highest BCUT2D eigenvalue weighted by atomic mass is 16.5. The van der Waals surface area contributed by atoms with Gasteiger partial charge in [-0.05, 0) is 50.9 Å². The van der Waals surface area contributed by atoms with Crippen molar-refractivity contribution in [3.63, 3.8) is 0 Å². The molecular formula is C17H33N3O2. The van der Waals surface area contributed by atoms with Crippen LogP contribution in [0.2, 0.25) is 0 Å². The number of ether oxygens (including phenoxy) is 2. The minimum Gasteiger partial charge on any atom is -0.379 e. The van der Waals surface area contributed by atoms with Crippen molar-refractivity contribution in [1.29, 1.82) is 0 Å². The van der Waals surface area contributed by atoms with Crippen molar-refractivity contribution in [3.8, 4) is 0 Å². The molecule has 2 rings (SSSR count). The van der Waals surface area contributed by atoms with E-state index in [4.69, 9.17) is 9.47 Å². The quantitative estimate of drug-likeness (QED) is 0.430. The third-order valence-corrected chi connectivity index (χ3v) is 4.67. The van der Waals surface area contributed by atoms with Gasteiger partial charge in [-0.25, -0.2) is 0 Å².